The molecular weight excluding hydrogens is 304 g/mol. The molecule has 1 aliphatic heterocycles. The highest BCUT2D eigenvalue weighted by Gasteiger charge is 2.22. The van der Waals surface area contributed by atoms with Crippen LogP contribution in [0.2, 0.25) is 0 Å². The predicted molar refractivity (Wildman–Crippen MR) is 79.5 cm³/mol. The van der Waals surface area contributed by atoms with Crippen molar-refractivity contribution in [1.29, 1.82) is 0 Å². The number of hydrogen-bond donors (Lipinski definition) is 2. The van der Waals surface area contributed by atoms with E-state index in [1.54, 1.807) is 0 Å². The van der Waals surface area contributed by atoms with Crippen molar-refractivity contribution in [1.82, 2.24) is 10.3 Å². The van der Waals surface area contributed by atoms with Crippen LogP contribution in [0.5, 0.6) is 5.88 Å². The number of carboxylic acid groups (broad SMARTS) is 1. The molecule has 2 heterocycles. The minimum atomic E-state index is -1.11. The lowest BCUT2D eigenvalue weighted by Crippen LogP contribution is -2.41. The number of carbonyl (C=O) groups excluding carboxylic acids is 1. The molecule has 1 aliphatic rings. The van der Waals surface area contributed by atoms with E-state index in [1.165, 1.54) is 25.4 Å². The van der Waals surface area contributed by atoms with Crippen LogP contribution in [-0.2, 0) is 14.3 Å². The van der Waals surface area contributed by atoms with Gasteiger partial charge in [-0.1, -0.05) is 0 Å². The van der Waals surface area contributed by atoms with Gasteiger partial charge in [-0.3, -0.25) is 4.79 Å². The van der Waals surface area contributed by atoms with Crippen molar-refractivity contribution >= 4 is 11.9 Å². The van der Waals surface area contributed by atoms with Gasteiger partial charge in [-0.15, -0.1) is 0 Å². The molecule has 23 heavy (non-hydrogen) atoms. The Morgan fingerprint density at radius 3 is 3.04 bits per heavy atom. The Kier molecular flexibility index (Phi) is 6.30. The molecular formula is C15H20N2O6. The molecule has 0 aromatic carbocycles. The van der Waals surface area contributed by atoms with E-state index in [4.69, 9.17) is 19.3 Å². The average molecular weight is 324 g/mol. The van der Waals surface area contributed by atoms with Crippen LogP contribution in [0.15, 0.2) is 18.3 Å². The number of pyridine rings is 1. The van der Waals surface area contributed by atoms with E-state index in [2.05, 4.69) is 10.3 Å². The van der Waals surface area contributed by atoms with Crippen LogP contribution >= 0.6 is 0 Å². The second kappa shape index (κ2) is 8.44. The van der Waals surface area contributed by atoms with Gasteiger partial charge in [0.1, 0.15) is 12.1 Å². The summed E-state index contributed by atoms with van der Waals surface area (Å²) in [7, 11) is 1.47. The Morgan fingerprint density at radius 1 is 1.57 bits per heavy atom. The van der Waals surface area contributed by atoms with E-state index >= 15 is 0 Å². The van der Waals surface area contributed by atoms with Crippen LogP contribution in [0.25, 0.3) is 0 Å². The van der Waals surface area contributed by atoms with Gasteiger partial charge < -0.3 is 24.6 Å². The summed E-state index contributed by atoms with van der Waals surface area (Å²) in [6.45, 7) is 1.38. The summed E-state index contributed by atoms with van der Waals surface area (Å²) in [6, 6.07) is 1.98. The minimum absolute atomic E-state index is 0.0747. The summed E-state index contributed by atoms with van der Waals surface area (Å²) in [5.74, 6) is -1.29. The fourth-order valence-electron chi connectivity index (χ4n) is 2.13. The quantitative estimate of drug-likeness (QED) is 0.715. The Labute approximate surface area is 133 Å². The van der Waals surface area contributed by atoms with Crippen molar-refractivity contribution < 1.29 is 28.9 Å². The molecule has 2 atom stereocenters. The molecule has 2 unspecified atom stereocenters. The highest BCUT2D eigenvalue weighted by molar-refractivity contribution is 5.96. The zero-order valence-corrected chi connectivity index (χ0v) is 12.9. The van der Waals surface area contributed by atoms with Gasteiger partial charge in [-0.25, -0.2) is 9.78 Å². The third-order valence-corrected chi connectivity index (χ3v) is 3.39. The third-order valence-electron chi connectivity index (χ3n) is 3.39. The number of carbonyl (C=O) groups is 2. The molecule has 1 aromatic heterocycles. The summed E-state index contributed by atoms with van der Waals surface area (Å²) in [4.78, 5) is 27.4. The molecule has 8 nitrogen and oxygen atoms in total. The van der Waals surface area contributed by atoms with Crippen LogP contribution in [0, 0.1) is 0 Å². The molecule has 126 valence electrons. The van der Waals surface area contributed by atoms with Crippen LogP contribution in [-0.4, -0.2) is 61.0 Å². The van der Waals surface area contributed by atoms with Gasteiger partial charge in [-0.05, 0) is 6.07 Å². The standard InChI is InChI=1S/C15H20N2O6/c1-21-6-4-12(15(19)20)17-14(18)10-2-5-16-13(8-10)23-11-3-7-22-9-11/h2,5,8,11-12H,3-4,6-7,9H2,1H3,(H,17,18)(H,19,20). The fraction of sp³-hybridized carbons (Fsp3) is 0.533. The van der Waals surface area contributed by atoms with E-state index in [1.807, 2.05) is 0 Å². The number of rotatable bonds is 8. The monoisotopic (exact) mass is 324 g/mol. The maximum absolute atomic E-state index is 12.2. The Balaban J connectivity index is 1.98. The number of methoxy groups -OCH3 is 1. The summed E-state index contributed by atoms with van der Waals surface area (Å²) in [5, 5.41) is 11.6. The predicted octanol–water partition coefficient (Wildman–Crippen LogP) is 0.469. The van der Waals surface area contributed by atoms with Gasteiger partial charge in [-0.2, -0.15) is 0 Å². The zero-order chi connectivity index (χ0) is 16.7. The second-order valence-electron chi connectivity index (χ2n) is 5.13. The maximum Gasteiger partial charge on any atom is 0.326 e. The first-order valence-electron chi connectivity index (χ1n) is 7.33. The van der Waals surface area contributed by atoms with Gasteiger partial charge in [0.25, 0.3) is 5.91 Å². The zero-order valence-electron chi connectivity index (χ0n) is 12.9. The molecule has 0 bridgehead atoms. The number of aliphatic carboxylic acids is 1. The Hall–Kier alpha value is -2.19. The molecule has 2 N–H and O–H groups in total. The average Bonchev–Trinajstić information content (AvgIpc) is 3.04. The largest absolute Gasteiger partial charge is 0.480 e. The van der Waals surface area contributed by atoms with Crippen molar-refractivity contribution in [2.45, 2.75) is 25.0 Å². The first-order chi connectivity index (χ1) is 11.1. The lowest BCUT2D eigenvalue weighted by atomic mass is 10.2. The summed E-state index contributed by atoms with van der Waals surface area (Å²) >= 11 is 0. The van der Waals surface area contributed by atoms with E-state index in [0.29, 0.717) is 19.1 Å². The topological polar surface area (TPSA) is 107 Å². The van der Waals surface area contributed by atoms with E-state index < -0.39 is 17.9 Å². The Bertz CT molecular complexity index is 545. The molecule has 0 radical (unpaired) electrons. The number of ether oxygens (including phenoxy) is 3. The number of aromatic nitrogens is 1. The van der Waals surface area contributed by atoms with Crippen molar-refractivity contribution in [3.63, 3.8) is 0 Å². The number of carboxylic acids is 1. The fourth-order valence-corrected chi connectivity index (χ4v) is 2.13. The first kappa shape index (κ1) is 17.2. The summed E-state index contributed by atoms with van der Waals surface area (Å²) in [6.07, 6.45) is 2.33. The lowest BCUT2D eigenvalue weighted by molar-refractivity contribution is -0.139. The molecule has 1 amide bonds. The lowest BCUT2D eigenvalue weighted by Gasteiger charge is -2.15. The highest BCUT2D eigenvalue weighted by atomic mass is 16.5. The number of nitrogens with zero attached hydrogens (tertiary/aromatic N) is 1. The van der Waals surface area contributed by atoms with Crippen LogP contribution < -0.4 is 10.1 Å². The smallest absolute Gasteiger partial charge is 0.326 e. The molecule has 1 saturated heterocycles. The Morgan fingerprint density at radius 2 is 2.39 bits per heavy atom. The summed E-state index contributed by atoms with van der Waals surface area (Å²) < 4.78 is 15.7. The molecule has 2 rings (SSSR count). The van der Waals surface area contributed by atoms with E-state index in [-0.39, 0.29) is 24.7 Å². The third kappa shape index (κ3) is 5.19. The maximum atomic E-state index is 12.2. The number of nitrogens with one attached hydrogen (secondary N) is 1. The number of amides is 1. The molecule has 8 heteroatoms. The summed E-state index contributed by atoms with van der Waals surface area (Å²) in [5.41, 5.74) is 0.289. The van der Waals surface area contributed by atoms with Gasteiger partial charge in [0.15, 0.2) is 0 Å². The molecule has 0 spiro atoms. The SMILES string of the molecule is COCCC(NC(=O)c1ccnc(OC2CCOC2)c1)C(=O)O. The highest BCUT2D eigenvalue weighted by Crippen LogP contribution is 2.15. The van der Waals surface area contributed by atoms with Crippen LogP contribution in [0.1, 0.15) is 23.2 Å². The van der Waals surface area contributed by atoms with Gasteiger partial charge >= 0.3 is 5.97 Å². The van der Waals surface area contributed by atoms with E-state index in [9.17, 15) is 9.59 Å². The van der Waals surface area contributed by atoms with Crippen LogP contribution in [0.4, 0.5) is 0 Å². The number of hydrogen-bond acceptors (Lipinski definition) is 6. The van der Waals surface area contributed by atoms with Crippen molar-refractivity contribution in [2.24, 2.45) is 0 Å². The molecule has 0 aliphatic carbocycles. The van der Waals surface area contributed by atoms with E-state index in [0.717, 1.165) is 6.42 Å². The molecule has 1 aromatic rings. The normalized spacial score (nSPS) is 18.4. The molecule has 1 fully saturated rings. The minimum Gasteiger partial charge on any atom is -0.480 e. The van der Waals surface area contributed by atoms with Crippen LogP contribution in [0.3, 0.4) is 0 Å². The van der Waals surface area contributed by atoms with Crippen molar-refractivity contribution in [3.05, 3.63) is 23.9 Å². The van der Waals surface area contributed by atoms with Crippen molar-refractivity contribution in [3.8, 4) is 5.88 Å². The second-order valence-corrected chi connectivity index (χ2v) is 5.13. The molecule has 0 saturated carbocycles. The van der Waals surface area contributed by atoms with Gasteiger partial charge in [0.05, 0.1) is 13.2 Å². The first-order valence-corrected chi connectivity index (χ1v) is 7.33. The van der Waals surface area contributed by atoms with Gasteiger partial charge in [0.2, 0.25) is 5.88 Å². The van der Waals surface area contributed by atoms with Crippen molar-refractivity contribution in [2.75, 3.05) is 26.9 Å². The van der Waals surface area contributed by atoms with Gasteiger partial charge in [0, 0.05) is 44.4 Å².